The number of hydrogen-bond donors (Lipinski definition) is 2. The first-order chi connectivity index (χ1) is 9.79. The van der Waals surface area contributed by atoms with Gasteiger partial charge in [-0.1, -0.05) is 20.8 Å². The number of nitrogens with one attached hydrogen (secondary N) is 1. The third-order valence-corrected chi connectivity index (χ3v) is 2.87. The fourth-order valence-electron chi connectivity index (χ4n) is 1.73. The molecule has 1 heterocycles. The Balaban J connectivity index is 2.39. The summed E-state index contributed by atoms with van der Waals surface area (Å²) in [6.45, 7) is 7.76. The molecule has 0 fully saturated rings. The Kier molecular flexibility index (Phi) is 4.09. The average molecular weight is 290 g/mol. The number of aryl methyl sites for hydroxylation is 1. The molecule has 112 valence electrons. The third kappa shape index (κ3) is 3.66. The summed E-state index contributed by atoms with van der Waals surface area (Å²) in [7, 11) is 0. The summed E-state index contributed by atoms with van der Waals surface area (Å²) < 4.78 is 18.8. The maximum atomic E-state index is 13.1. The van der Waals surface area contributed by atoms with E-state index in [1.165, 1.54) is 12.1 Å². The second-order valence-electron chi connectivity index (χ2n) is 5.82. The van der Waals surface area contributed by atoms with Crippen LogP contribution in [0, 0.1) is 12.7 Å². The summed E-state index contributed by atoms with van der Waals surface area (Å²) >= 11 is 0. The van der Waals surface area contributed by atoms with E-state index < -0.39 is 0 Å². The van der Waals surface area contributed by atoms with Crippen molar-refractivity contribution in [3.05, 3.63) is 41.5 Å². The van der Waals surface area contributed by atoms with Crippen molar-refractivity contribution in [3.8, 4) is 11.6 Å². The molecular weight excluding hydrogens is 271 g/mol. The van der Waals surface area contributed by atoms with Crippen molar-refractivity contribution in [1.82, 2.24) is 9.97 Å². The number of hydrazine groups is 1. The molecule has 0 saturated carbocycles. The first-order valence-electron chi connectivity index (χ1n) is 6.60. The third-order valence-electron chi connectivity index (χ3n) is 2.87. The topological polar surface area (TPSA) is 73.1 Å². The van der Waals surface area contributed by atoms with E-state index in [9.17, 15) is 4.39 Å². The van der Waals surface area contributed by atoms with Gasteiger partial charge in [-0.25, -0.2) is 15.2 Å². The van der Waals surface area contributed by atoms with Crippen molar-refractivity contribution < 1.29 is 9.13 Å². The molecule has 3 N–H and O–H groups in total. The van der Waals surface area contributed by atoms with Gasteiger partial charge in [0.25, 0.3) is 0 Å². The van der Waals surface area contributed by atoms with Gasteiger partial charge in [-0.2, -0.15) is 4.98 Å². The van der Waals surface area contributed by atoms with Crippen molar-refractivity contribution >= 4 is 5.82 Å². The Morgan fingerprint density at radius 1 is 1.19 bits per heavy atom. The molecule has 1 aromatic carbocycles. The minimum Gasteiger partial charge on any atom is -0.439 e. The summed E-state index contributed by atoms with van der Waals surface area (Å²) in [5.74, 6) is 7.09. The molecule has 0 unspecified atom stereocenters. The average Bonchev–Trinajstić information content (AvgIpc) is 2.40. The van der Waals surface area contributed by atoms with Crippen LogP contribution in [-0.2, 0) is 5.41 Å². The van der Waals surface area contributed by atoms with Crippen molar-refractivity contribution in [2.75, 3.05) is 5.43 Å². The zero-order chi connectivity index (χ0) is 15.6. The molecular formula is C15H19FN4O. The van der Waals surface area contributed by atoms with Crippen LogP contribution in [0.3, 0.4) is 0 Å². The van der Waals surface area contributed by atoms with E-state index in [0.29, 0.717) is 28.8 Å². The summed E-state index contributed by atoms with van der Waals surface area (Å²) in [5, 5.41) is 0. The van der Waals surface area contributed by atoms with E-state index in [4.69, 9.17) is 10.6 Å². The zero-order valence-electron chi connectivity index (χ0n) is 12.6. The highest BCUT2D eigenvalue weighted by atomic mass is 19.1. The molecule has 0 radical (unpaired) electrons. The molecule has 0 spiro atoms. The predicted octanol–water partition coefficient (Wildman–Crippen LogP) is 3.30. The maximum absolute atomic E-state index is 13.1. The zero-order valence-corrected chi connectivity index (χ0v) is 12.6. The van der Waals surface area contributed by atoms with E-state index >= 15 is 0 Å². The monoisotopic (exact) mass is 290 g/mol. The molecule has 2 aromatic rings. The standard InChI is InChI=1S/C15H19FN4O/c1-9-7-10(16)5-6-11(9)21-13-8-12(20-17)18-14(19-13)15(2,3)4/h5-8H,17H2,1-4H3,(H,18,19,20). The van der Waals surface area contributed by atoms with Crippen molar-refractivity contribution in [2.45, 2.75) is 33.1 Å². The number of nitrogens with two attached hydrogens (primary N) is 1. The van der Waals surface area contributed by atoms with Crippen LogP contribution in [0.5, 0.6) is 11.6 Å². The number of nitrogens with zero attached hydrogens (tertiary/aromatic N) is 2. The molecule has 0 amide bonds. The fourth-order valence-corrected chi connectivity index (χ4v) is 1.73. The van der Waals surface area contributed by atoms with Crippen molar-refractivity contribution in [1.29, 1.82) is 0 Å². The quantitative estimate of drug-likeness (QED) is 0.670. The van der Waals surface area contributed by atoms with E-state index in [0.717, 1.165) is 0 Å². The lowest BCUT2D eigenvalue weighted by molar-refractivity contribution is 0.442. The van der Waals surface area contributed by atoms with Gasteiger partial charge in [0.2, 0.25) is 5.88 Å². The Labute approximate surface area is 123 Å². The summed E-state index contributed by atoms with van der Waals surface area (Å²) in [4.78, 5) is 8.70. The second kappa shape index (κ2) is 5.65. The van der Waals surface area contributed by atoms with Gasteiger partial charge in [-0.15, -0.1) is 0 Å². The molecule has 2 rings (SSSR count). The minimum absolute atomic E-state index is 0.247. The van der Waals surface area contributed by atoms with Crippen LogP contribution >= 0.6 is 0 Å². The van der Waals surface area contributed by atoms with Gasteiger partial charge >= 0.3 is 0 Å². The van der Waals surface area contributed by atoms with Crippen LogP contribution in [0.2, 0.25) is 0 Å². The lowest BCUT2D eigenvalue weighted by Gasteiger charge is -2.18. The number of benzene rings is 1. The molecule has 5 nitrogen and oxygen atoms in total. The number of anilines is 1. The lowest BCUT2D eigenvalue weighted by atomic mass is 9.96. The van der Waals surface area contributed by atoms with Gasteiger partial charge in [0, 0.05) is 11.5 Å². The first kappa shape index (κ1) is 15.2. The van der Waals surface area contributed by atoms with Crippen molar-refractivity contribution in [3.63, 3.8) is 0 Å². The second-order valence-corrected chi connectivity index (χ2v) is 5.82. The van der Waals surface area contributed by atoms with Crippen LogP contribution < -0.4 is 16.0 Å². The number of halogens is 1. The SMILES string of the molecule is Cc1cc(F)ccc1Oc1cc(NN)nc(C(C)(C)C)n1. The predicted molar refractivity (Wildman–Crippen MR) is 79.8 cm³/mol. The number of hydrogen-bond acceptors (Lipinski definition) is 5. The summed E-state index contributed by atoms with van der Waals surface area (Å²) in [6.07, 6.45) is 0. The number of aromatic nitrogens is 2. The number of nitrogen functional groups attached to an aromatic ring is 1. The molecule has 0 atom stereocenters. The molecule has 6 heteroatoms. The highest BCUT2D eigenvalue weighted by molar-refractivity contribution is 5.41. The van der Waals surface area contributed by atoms with Gasteiger partial charge < -0.3 is 10.2 Å². The van der Waals surface area contributed by atoms with Crippen LogP contribution in [0.25, 0.3) is 0 Å². The fraction of sp³-hybridized carbons (Fsp3) is 0.333. The van der Waals surface area contributed by atoms with Gasteiger partial charge in [0.1, 0.15) is 23.2 Å². The smallest absolute Gasteiger partial charge is 0.224 e. The lowest BCUT2D eigenvalue weighted by Crippen LogP contribution is -2.19. The first-order valence-corrected chi connectivity index (χ1v) is 6.60. The summed E-state index contributed by atoms with van der Waals surface area (Å²) in [5.41, 5.74) is 2.94. The largest absolute Gasteiger partial charge is 0.439 e. The van der Waals surface area contributed by atoms with E-state index in [-0.39, 0.29) is 11.2 Å². The highest BCUT2D eigenvalue weighted by Crippen LogP contribution is 2.28. The van der Waals surface area contributed by atoms with E-state index in [2.05, 4.69) is 15.4 Å². The molecule has 0 aliphatic carbocycles. The number of ether oxygens (including phenoxy) is 1. The minimum atomic E-state index is -0.303. The Morgan fingerprint density at radius 2 is 1.90 bits per heavy atom. The van der Waals surface area contributed by atoms with Gasteiger partial charge in [0.05, 0.1) is 0 Å². The van der Waals surface area contributed by atoms with Crippen LogP contribution in [0.15, 0.2) is 24.3 Å². The maximum Gasteiger partial charge on any atom is 0.224 e. The number of rotatable bonds is 3. The van der Waals surface area contributed by atoms with Gasteiger partial charge in [-0.3, -0.25) is 0 Å². The summed E-state index contributed by atoms with van der Waals surface area (Å²) in [6, 6.07) is 5.91. The van der Waals surface area contributed by atoms with Crippen LogP contribution in [0.4, 0.5) is 10.2 Å². The normalized spacial score (nSPS) is 11.3. The Bertz CT molecular complexity index is 653. The molecule has 0 bridgehead atoms. The molecule has 0 saturated heterocycles. The molecule has 21 heavy (non-hydrogen) atoms. The molecule has 0 aliphatic rings. The van der Waals surface area contributed by atoms with E-state index in [1.54, 1.807) is 19.1 Å². The van der Waals surface area contributed by atoms with Gasteiger partial charge in [0.15, 0.2) is 0 Å². The van der Waals surface area contributed by atoms with Crippen LogP contribution in [-0.4, -0.2) is 9.97 Å². The van der Waals surface area contributed by atoms with Crippen molar-refractivity contribution in [2.24, 2.45) is 5.84 Å². The highest BCUT2D eigenvalue weighted by Gasteiger charge is 2.20. The molecule has 1 aromatic heterocycles. The van der Waals surface area contributed by atoms with Gasteiger partial charge in [-0.05, 0) is 30.7 Å². The Hall–Kier alpha value is -2.21. The van der Waals surface area contributed by atoms with E-state index in [1.807, 2.05) is 20.8 Å². The van der Waals surface area contributed by atoms with Crippen LogP contribution in [0.1, 0.15) is 32.2 Å². The Morgan fingerprint density at radius 3 is 2.48 bits per heavy atom. The molecule has 0 aliphatic heterocycles.